The van der Waals surface area contributed by atoms with Gasteiger partial charge in [-0.15, -0.1) is 0 Å². The molecule has 0 saturated heterocycles. The minimum Gasteiger partial charge on any atom is -0.397 e. The van der Waals surface area contributed by atoms with Crippen LogP contribution in [0.25, 0.3) is 23.0 Å². The monoisotopic (exact) mass is 306 g/mol. The van der Waals surface area contributed by atoms with Gasteiger partial charge in [-0.25, -0.2) is 4.98 Å². The summed E-state index contributed by atoms with van der Waals surface area (Å²) in [6.07, 6.45) is 1.52. The zero-order valence-electron chi connectivity index (χ0n) is 10.0. The summed E-state index contributed by atoms with van der Waals surface area (Å²) < 4.78 is 5.17. The van der Waals surface area contributed by atoms with Crippen molar-refractivity contribution in [2.24, 2.45) is 0 Å². The number of hydrogen-bond acceptors (Lipinski definition) is 5. The van der Waals surface area contributed by atoms with Gasteiger partial charge in [0.1, 0.15) is 5.69 Å². The van der Waals surface area contributed by atoms with E-state index in [-0.39, 0.29) is 0 Å². The van der Waals surface area contributed by atoms with E-state index < -0.39 is 0 Å². The van der Waals surface area contributed by atoms with Gasteiger partial charge in [-0.05, 0) is 30.3 Å². The summed E-state index contributed by atoms with van der Waals surface area (Å²) in [5.74, 6) is 0.694. The molecule has 0 aliphatic rings. The van der Waals surface area contributed by atoms with Crippen molar-refractivity contribution in [1.82, 2.24) is 15.1 Å². The topological polar surface area (TPSA) is 77.8 Å². The van der Waals surface area contributed by atoms with Crippen molar-refractivity contribution in [2.75, 3.05) is 5.73 Å². The first-order valence-corrected chi connectivity index (χ1v) is 6.39. The molecule has 5 nitrogen and oxygen atoms in total. The Morgan fingerprint density at radius 3 is 2.45 bits per heavy atom. The molecule has 3 rings (SSSR count). The predicted molar refractivity (Wildman–Crippen MR) is 77.4 cm³/mol. The van der Waals surface area contributed by atoms with Crippen LogP contribution in [0.2, 0.25) is 10.0 Å². The van der Waals surface area contributed by atoms with Crippen molar-refractivity contribution in [1.29, 1.82) is 0 Å². The Morgan fingerprint density at radius 1 is 1.05 bits per heavy atom. The van der Waals surface area contributed by atoms with Crippen molar-refractivity contribution in [3.63, 3.8) is 0 Å². The van der Waals surface area contributed by atoms with Crippen LogP contribution in [0.5, 0.6) is 0 Å². The minimum absolute atomic E-state index is 0.302. The highest BCUT2D eigenvalue weighted by Crippen LogP contribution is 2.27. The average molecular weight is 307 g/mol. The molecular weight excluding hydrogens is 299 g/mol. The first-order chi connectivity index (χ1) is 9.61. The predicted octanol–water partition coefficient (Wildman–Crippen LogP) is 3.69. The molecule has 0 amide bonds. The molecule has 20 heavy (non-hydrogen) atoms. The lowest BCUT2D eigenvalue weighted by atomic mass is 10.2. The summed E-state index contributed by atoms with van der Waals surface area (Å²) in [4.78, 5) is 8.38. The van der Waals surface area contributed by atoms with Crippen LogP contribution in [-0.4, -0.2) is 15.1 Å². The van der Waals surface area contributed by atoms with E-state index in [0.29, 0.717) is 38.7 Å². The maximum absolute atomic E-state index is 5.94. The number of halogens is 2. The van der Waals surface area contributed by atoms with Crippen LogP contribution in [0, 0.1) is 0 Å². The minimum atomic E-state index is 0.302. The first-order valence-electron chi connectivity index (χ1n) is 5.64. The molecule has 0 atom stereocenters. The smallest absolute Gasteiger partial charge is 0.276 e. The number of hydrogen-bond donors (Lipinski definition) is 1. The second-order valence-corrected chi connectivity index (χ2v) is 4.93. The van der Waals surface area contributed by atoms with Crippen LogP contribution in [0.3, 0.4) is 0 Å². The number of nitrogens with zero attached hydrogens (tertiary/aromatic N) is 3. The van der Waals surface area contributed by atoms with Gasteiger partial charge in [0.15, 0.2) is 0 Å². The number of anilines is 1. The van der Waals surface area contributed by atoms with Crippen LogP contribution in [0.15, 0.2) is 41.1 Å². The highest BCUT2D eigenvalue weighted by atomic mass is 35.5. The molecule has 0 radical (unpaired) electrons. The van der Waals surface area contributed by atoms with E-state index in [4.69, 9.17) is 33.5 Å². The maximum Gasteiger partial charge on any atom is 0.276 e. The molecule has 1 aromatic carbocycles. The maximum atomic E-state index is 5.94. The Labute approximate surface area is 124 Å². The Kier molecular flexibility index (Phi) is 3.30. The first kappa shape index (κ1) is 12.9. The van der Waals surface area contributed by atoms with E-state index in [1.54, 1.807) is 30.3 Å². The van der Waals surface area contributed by atoms with E-state index in [0.717, 1.165) is 0 Å². The molecule has 0 bridgehead atoms. The molecule has 0 aliphatic heterocycles. The molecule has 2 heterocycles. The van der Waals surface area contributed by atoms with Crippen molar-refractivity contribution < 1.29 is 4.52 Å². The quantitative estimate of drug-likeness (QED) is 0.781. The molecule has 0 aliphatic carbocycles. The van der Waals surface area contributed by atoms with Gasteiger partial charge in [0, 0.05) is 15.6 Å². The molecule has 3 aromatic rings. The van der Waals surface area contributed by atoms with Crippen molar-refractivity contribution in [2.45, 2.75) is 0 Å². The second kappa shape index (κ2) is 5.11. The zero-order valence-corrected chi connectivity index (χ0v) is 11.6. The Hall–Kier alpha value is -2.11. The molecule has 100 valence electrons. The third-order valence-corrected chi connectivity index (χ3v) is 2.99. The van der Waals surface area contributed by atoms with Crippen LogP contribution >= 0.6 is 23.2 Å². The van der Waals surface area contributed by atoms with Crippen molar-refractivity contribution >= 4 is 28.9 Å². The summed E-state index contributed by atoms with van der Waals surface area (Å²) in [6, 6.07) is 8.46. The second-order valence-electron chi connectivity index (χ2n) is 4.06. The molecule has 2 N–H and O–H groups in total. The summed E-state index contributed by atoms with van der Waals surface area (Å²) in [5.41, 5.74) is 7.36. The fourth-order valence-electron chi connectivity index (χ4n) is 1.66. The van der Waals surface area contributed by atoms with Crippen LogP contribution in [0.1, 0.15) is 0 Å². The van der Waals surface area contributed by atoms with Gasteiger partial charge in [0.25, 0.3) is 5.89 Å². The fraction of sp³-hybridized carbons (Fsp3) is 0. The van der Waals surface area contributed by atoms with E-state index in [1.165, 1.54) is 6.20 Å². The Bertz CT molecular complexity index is 735. The summed E-state index contributed by atoms with van der Waals surface area (Å²) in [6.45, 7) is 0. The number of pyridine rings is 1. The number of aromatic nitrogens is 3. The van der Waals surface area contributed by atoms with Gasteiger partial charge in [-0.1, -0.05) is 28.4 Å². The van der Waals surface area contributed by atoms with Crippen LogP contribution in [0.4, 0.5) is 5.69 Å². The fourth-order valence-corrected chi connectivity index (χ4v) is 2.19. The third kappa shape index (κ3) is 2.59. The Morgan fingerprint density at radius 2 is 1.80 bits per heavy atom. The largest absolute Gasteiger partial charge is 0.397 e. The molecule has 0 unspecified atom stereocenters. The highest BCUT2D eigenvalue weighted by molar-refractivity contribution is 6.35. The van der Waals surface area contributed by atoms with E-state index in [1.807, 2.05) is 0 Å². The Balaban J connectivity index is 1.99. The van der Waals surface area contributed by atoms with Crippen molar-refractivity contribution in [3.8, 4) is 23.0 Å². The molecule has 0 saturated carbocycles. The van der Waals surface area contributed by atoms with Gasteiger partial charge in [-0.2, -0.15) is 4.98 Å². The molecule has 2 aromatic heterocycles. The number of rotatable bonds is 2. The molecule has 7 heteroatoms. The number of nitrogen functional groups attached to an aromatic ring is 1. The normalized spacial score (nSPS) is 10.7. The van der Waals surface area contributed by atoms with E-state index >= 15 is 0 Å². The summed E-state index contributed by atoms with van der Waals surface area (Å²) >= 11 is 11.9. The SMILES string of the molecule is Nc1ccc(-c2nc(-c3cc(Cl)cc(Cl)c3)no2)nc1. The molecule has 0 spiro atoms. The molecular formula is C13H8Cl2N4O. The van der Waals surface area contributed by atoms with E-state index in [9.17, 15) is 0 Å². The van der Waals surface area contributed by atoms with E-state index in [2.05, 4.69) is 15.1 Å². The van der Waals surface area contributed by atoms with Gasteiger partial charge in [0.05, 0.1) is 11.9 Å². The lowest BCUT2D eigenvalue weighted by Crippen LogP contribution is -1.88. The van der Waals surface area contributed by atoms with Crippen LogP contribution < -0.4 is 5.73 Å². The highest BCUT2D eigenvalue weighted by Gasteiger charge is 2.12. The number of nitrogens with two attached hydrogens (primary N) is 1. The van der Waals surface area contributed by atoms with Gasteiger partial charge < -0.3 is 10.3 Å². The standard InChI is InChI=1S/C13H8Cl2N4O/c14-8-3-7(4-9(15)5-8)12-18-13(20-19-12)11-2-1-10(16)6-17-11/h1-6H,16H2. The number of benzene rings is 1. The lowest BCUT2D eigenvalue weighted by Gasteiger charge is -1.97. The van der Waals surface area contributed by atoms with Crippen molar-refractivity contribution in [3.05, 3.63) is 46.6 Å². The lowest BCUT2D eigenvalue weighted by molar-refractivity contribution is 0.431. The summed E-state index contributed by atoms with van der Waals surface area (Å²) in [7, 11) is 0. The van der Waals surface area contributed by atoms with Gasteiger partial charge in [-0.3, -0.25) is 0 Å². The van der Waals surface area contributed by atoms with Gasteiger partial charge in [0.2, 0.25) is 5.82 Å². The molecule has 0 fully saturated rings. The third-order valence-electron chi connectivity index (χ3n) is 2.55. The average Bonchev–Trinajstić information content (AvgIpc) is 2.88. The van der Waals surface area contributed by atoms with Crippen LogP contribution in [-0.2, 0) is 0 Å². The van der Waals surface area contributed by atoms with Gasteiger partial charge >= 0.3 is 0 Å². The zero-order chi connectivity index (χ0) is 14.1. The summed E-state index contributed by atoms with van der Waals surface area (Å²) in [5, 5.41) is 4.90.